The van der Waals surface area contributed by atoms with E-state index in [1.54, 1.807) is 12.1 Å². The van der Waals surface area contributed by atoms with Crippen LogP contribution in [0.15, 0.2) is 36.4 Å². The van der Waals surface area contributed by atoms with Gasteiger partial charge in [0.05, 0.1) is 12.2 Å². The highest BCUT2D eigenvalue weighted by Gasteiger charge is 2.09. The molecule has 0 saturated heterocycles. The zero-order chi connectivity index (χ0) is 16.4. The fourth-order valence-corrected chi connectivity index (χ4v) is 1.85. The van der Waals surface area contributed by atoms with Crippen LogP contribution in [0.5, 0.6) is 5.75 Å². The SMILES string of the molecule is CC=CCCNC(=O)NCC(O)c1ccc(OC(C)C)cc1. The first kappa shape index (κ1) is 18.0. The van der Waals surface area contributed by atoms with Gasteiger partial charge in [0.1, 0.15) is 5.75 Å². The number of aliphatic hydroxyl groups is 1. The lowest BCUT2D eigenvalue weighted by atomic mass is 10.1. The fourth-order valence-electron chi connectivity index (χ4n) is 1.85. The summed E-state index contributed by atoms with van der Waals surface area (Å²) in [5.74, 6) is 0.764. The minimum Gasteiger partial charge on any atom is -0.491 e. The van der Waals surface area contributed by atoms with Crippen molar-refractivity contribution in [2.75, 3.05) is 13.1 Å². The summed E-state index contributed by atoms with van der Waals surface area (Å²) in [7, 11) is 0. The monoisotopic (exact) mass is 306 g/mol. The van der Waals surface area contributed by atoms with Crippen molar-refractivity contribution in [3.63, 3.8) is 0 Å². The summed E-state index contributed by atoms with van der Waals surface area (Å²) in [5, 5.41) is 15.4. The van der Waals surface area contributed by atoms with Crippen molar-refractivity contribution >= 4 is 6.03 Å². The van der Waals surface area contributed by atoms with Gasteiger partial charge in [-0.15, -0.1) is 0 Å². The molecule has 1 unspecified atom stereocenters. The van der Waals surface area contributed by atoms with Crippen LogP contribution in [-0.4, -0.2) is 30.3 Å². The highest BCUT2D eigenvalue weighted by molar-refractivity contribution is 5.73. The topological polar surface area (TPSA) is 70.6 Å². The van der Waals surface area contributed by atoms with E-state index in [9.17, 15) is 9.90 Å². The Hall–Kier alpha value is -2.01. The van der Waals surface area contributed by atoms with Gasteiger partial charge in [0.15, 0.2) is 0 Å². The van der Waals surface area contributed by atoms with E-state index in [0.29, 0.717) is 6.54 Å². The molecular formula is C17H26N2O3. The van der Waals surface area contributed by atoms with Crippen LogP contribution in [0, 0.1) is 0 Å². The molecule has 5 heteroatoms. The number of carbonyl (C=O) groups excluding carboxylic acids is 1. The van der Waals surface area contributed by atoms with Gasteiger partial charge in [0.2, 0.25) is 0 Å². The summed E-state index contributed by atoms with van der Waals surface area (Å²) >= 11 is 0. The van der Waals surface area contributed by atoms with Gasteiger partial charge >= 0.3 is 6.03 Å². The number of rotatable bonds is 8. The quantitative estimate of drug-likeness (QED) is 0.511. The lowest BCUT2D eigenvalue weighted by Gasteiger charge is -2.14. The number of benzene rings is 1. The minimum absolute atomic E-state index is 0.115. The molecule has 0 spiro atoms. The Labute approximate surface area is 132 Å². The van der Waals surface area contributed by atoms with Crippen molar-refractivity contribution in [1.29, 1.82) is 0 Å². The molecule has 3 N–H and O–H groups in total. The first-order valence-electron chi connectivity index (χ1n) is 7.60. The Morgan fingerprint density at radius 1 is 1.27 bits per heavy atom. The number of amides is 2. The predicted octanol–water partition coefficient (Wildman–Crippen LogP) is 2.77. The number of ether oxygens (including phenoxy) is 1. The van der Waals surface area contributed by atoms with Crippen LogP contribution in [0.25, 0.3) is 0 Å². The summed E-state index contributed by atoms with van der Waals surface area (Å²) < 4.78 is 5.54. The molecule has 0 heterocycles. The second-order valence-electron chi connectivity index (χ2n) is 5.25. The number of allylic oxidation sites excluding steroid dienone is 1. The van der Waals surface area contributed by atoms with Gasteiger partial charge < -0.3 is 20.5 Å². The predicted molar refractivity (Wildman–Crippen MR) is 88.0 cm³/mol. The highest BCUT2D eigenvalue weighted by Crippen LogP contribution is 2.18. The Kier molecular flexibility index (Phi) is 8.07. The summed E-state index contributed by atoms with van der Waals surface area (Å²) in [4.78, 5) is 11.5. The van der Waals surface area contributed by atoms with Crippen molar-refractivity contribution in [3.05, 3.63) is 42.0 Å². The summed E-state index contributed by atoms with van der Waals surface area (Å²) in [6.07, 6.45) is 4.09. The summed E-state index contributed by atoms with van der Waals surface area (Å²) in [5.41, 5.74) is 0.741. The first-order valence-corrected chi connectivity index (χ1v) is 7.60. The van der Waals surface area contributed by atoms with E-state index >= 15 is 0 Å². The van der Waals surface area contributed by atoms with Gasteiger partial charge in [-0.1, -0.05) is 24.3 Å². The molecule has 0 saturated carbocycles. The van der Waals surface area contributed by atoms with Crippen LogP contribution in [0.1, 0.15) is 38.9 Å². The van der Waals surface area contributed by atoms with Crippen LogP contribution in [-0.2, 0) is 0 Å². The van der Waals surface area contributed by atoms with Gasteiger partial charge in [-0.05, 0) is 44.9 Å². The van der Waals surface area contributed by atoms with Crippen LogP contribution in [0.3, 0.4) is 0 Å². The van der Waals surface area contributed by atoms with E-state index in [4.69, 9.17) is 4.74 Å². The van der Waals surface area contributed by atoms with Crippen molar-refractivity contribution in [2.45, 2.75) is 39.4 Å². The van der Waals surface area contributed by atoms with E-state index in [1.807, 2.05) is 45.1 Å². The lowest BCUT2D eigenvalue weighted by molar-refractivity contribution is 0.173. The normalized spacial score (nSPS) is 12.4. The smallest absolute Gasteiger partial charge is 0.314 e. The molecule has 0 aromatic heterocycles. The molecule has 1 aromatic carbocycles. The van der Waals surface area contributed by atoms with Gasteiger partial charge in [-0.25, -0.2) is 4.79 Å². The minimum atomic E-state index is -0.741. The second kappa shape index (κ2) is 9.84. The van der Waals surface area contributed by atoms with Gasteiger partial charge in [-0.3, -0.25) is 0 Å². The maximum atomic E-state index is 11.5. The average Bonchev–Trinajstić information content (AvgIpc) is 2.49. The van der Waals surface area contributed by atoms with Gasteiger partial charge in [0, 0.05) is 13.1 Å². The number of hydrogen-bond acceptors (Lipinski definition) is 3. The summed E-state index contributed by atoms with van der Waals surface area (Å²) in [6.45, 7) is 6.60. The molecular weight excluding hydrogens is 280 g/mol. The number of nitrogens with one attached hydrogen (secondary N) is 2. The molecule has 1 atom stereocenters. The number of urea groups is 1. The van der Waals surface area contributed by atoms with E-state index in [2.05, 4.69) is 10.6 Å². The molecule has 122 valence electrons. The van der Waals surface area contributed by atoms with E-state index in [0.717, 1.165) is 17.7 Å². The second-order valence-corrected chi connectivity index (χ2v) is 5.25. The number of hydrogen-bond donors (Lipinski definition) is 3. The Morgan fingerprint density at radius 3 is 2.55 bits per heavy atom. The fraction of sp³-hybridized carbons (Fsp3) is 0.471. The lowest BCUT2D eigenvalue weighted by Crippen LogP contribution is -2.38. The molecule has 5 nitrogen and oxygen atoms in total. The molecule has 22 heavy (non-hydrogen) atoms. The third kappa shape index (κ3) is 7.13. The summed E-state index contributed by atoms with van der Waals surface area (Å²) in [6, 6.07) is 6.95. The zero-order valence-corrected chi connectivity index (χ0v) is 13.5. The maximum absolute atomic E-state index is 11.5. The van der Waals surface area contributed by atoms with E-state index in [-0.39, 0.29) is 18.7 Å². The number of aliphatic hydroxyl groups excluding tert-OH is 1. The van der Waals surface area contributed by atoms with Crippen molar-refractivity contribution in [2.24, 2.45) is 0 Å². The van der Waals surface area contributed by atoms with Gasteiger partial charge in [-0.2, -0.15) is 0 Å². The molecule has 1 aromatic rings. The third-order valence-corrected chi connectivity index (χ3v) is 2.92. The van der Waals surface area contributed by atoms with Crippen molar-refractivity contribution < 1.29 is 14.6 Å². The molecule has 0 fully saturated rings. The molecule has 0 bridgehead atoms. The van der Waals surface area contributed by atoms with Crippen molar-refractivity contribution in [3.8, 4) is 5.75 Å². The van der Waals surface area contributed by atoms with Crippen molar-refractivity contribution in [1.82, 2.24) is 10.6 Å². The molecule has 0 radical (unpaired) electrons. The van der Waals surface area contributed by atoms with Crippen LogP contribution in [0.2, 0.25) is 0 Å². The highest BCUT2D eigenvalue weighted by atomic mass is 16.5. The molecule has 0 aliphatic rings. The van der Waals surface area contributed by atoms with Crippen LogP contribution >= 0.6 is 0 Å². The zero-order valence-electron chi connectivity index (χ0n) is 13.5. The van der Waals surface area contributed by atoms with Crippen LogP contribution in [0.4, 0.5) is 4.79 Å². The maximum Gasteiger partial charge on any atom is 0.314 e. The van der Waals surface area contributed by atoms with E-state index < -0.39 is 6.10 Å². The van der Waals surface area contributed by atoms with Crippen LogP contribution < -0.4 is 15.4 Å². The standard InChI is InChI=1S/C17H26N2O3/c1-4-5-6-11-18-17(21)19-12-16(20)14-7-9-15(10-8-14)22-13(2)3/h4-5,7-10,13,16,20H,6,11-12H2,1-3H3,(H2,18,19,21). The first-order chi connectivity index (χ1) is 10.5. The number of carbonyl (C=O) groups is 1. The molecule has 1 rings (SSSR count). The largest absolute Gasteiger partial charge is 0.491 e. The Balaban J connectivity index is 2.35. The van der Waals surface area contributed by atoms with Gasteiger partial charge in [0.25, 0.3) is 0 Å². The molecule has 0 aliphatic heterocycles. The van der Waals surface area contributed by atoms with E-state index in [1.165, 1.54) is 0 Å². The third-order valence-electron chi connectivity index (χ3n) is 2.92. The Bertz CT molecular complexity index is 469. The molecule has 2 amide bonds. The Morgan fingerprint density at radius 2 is 1.95 bits per heavy atom. The average molecular weight is 306 g/mol. The molecule has 0 aliphatic carbocycles.